The molecule has 4 heteroatoms. The zero-order valence-corrected chi connectivity index (χ0v) is 13.0. The second-order valence-electron chi connectivity index (χ2n) is 5.65. The SMILES string of the molecule is CCCNC(C)c1ccccc1OCCC(=O)NC1CC1. The maximum atomic E-state index is 11.6. The number of carbonyl (C=O) groups excluding carboxylic acids is 1. The van der Waals surface area contributed by atoms with Crippen LogP contribution in [-0.4, -0.2) is 25.1 Å². The highest BCUT2D eigenvalue weighted by Crippen LogP contribution is 2.25. The zero-order chi connectivity index (χ0) is 15.1. The molecule has 1 fully saturated rings. The number of amides is 1. The number of carbonyl (C=O) groups is 1. The van der Waals surface area contributed by atoms with Gasteiger partial charge in [0.05, 0.1) is 13.0 Å². The van der Waals surface area contributed by atoms with Gasteiger partial charge in [0.25, 0.3) is 0 Å². The van der Waals surface area contributed by atoms with Crippen molar-refractivity contribution in [2.24, 2.45) is 0 Å². The number of nitrogens with one attached hydrogen (secondary N) is 2. The van der Waals surface area contributed by atoms with E-state index in [-0.39, 0.29) is 11.9 Å². The van der Waals surface area contributed by atoms with Crippen LogP contribution < -0.4 is 15.4 Å². The molecule has 1 atom stereocenters. The first kappa shape index (κ1) is 15.8. The van der Waals surface area contributed by atoms with E-state index < -0.39 is 0 Å². The summed E-state index contributed by atoms with van der Waals surface area (Å²) in [5.74, 6) is 0.958. The van der Waals surface area contributed by atoms with Gasteiger partial charge in [0.1, 0.15) is 5.75 Å². The van der Waals surface area contributed by atoms with Crippen LogP contribution in [0.5, 0.6) is 5.75 Å². The minimum Gasteiger partial charge on any atom is -0.493 e. The van der Waals surface area contributed by atoms with Gasteiger partial charge in [-0.1, -0.05) is 25.1 Å². The second kappa shape index (κ2) is 8.03. The molecule has 0 aromatic heterocycles. The summed E-state index contributed by atoms with van der Waals surface area (Å²) in [6.45, 7) is 5.70. The Morgan fingerprint density at radius 1 is 1.38 bits per heavy atom. The van der Waals surface area contributed by atoms with Crippen molar-refractivity contribution in [1.82, 2.24) is 10.6 Å². The molecule has 1 aromatic rings. The van der Waals surface area contributed by atoms with E-state index in [1.807, 2.05) is 18.2 Å². The molecule has 0 radical (unpaired) electrons. The molecule has 1 aromatic carbocycles. The summed E-state index contributed by atoms with van der Waals surface area (Å²) < 4.78 is 5.81. The number of ether oxygens (including phenoxy) is 1. The van der Waals surface area contributed by atoms with Crippen molar-refractivity contribution in [2.75, 3.05) is 13.2 Å². The molecule has 1 amide bonds. The quantitative estimate of drug-likeness (QED) is 0.735. The molecule has 1 aliphatic carbocycles. The third-order valence-electron chi connectivity index (χ3n) is 3.62. The Balaban J connectivity index is 1.82. The van der Waals surface area contributed by atoms with E-state index in [1.165, 1.54) is 0 Å². The standard InChI is InChI=1S/C17H26N2O2/c1-3-11-18-13(2)15-6-4-5-7-16(15)21-12-10-17(20)19-14-8-9-14/h4-7,13-14,18H,3,8-12H2,1-2H3,(H,19,20). The molecule has 1 unspecified atom stereocenters. The van der Waals surface area contributed by atoms with Crippen molar-refractivity contribution in [1.29, 1.82) is 0 Å². The molecular formula is C17H26N2O2. The highest BCUT2D eigenvalue weighted by molar-refractivity contribution is 5.76. The fourth-order valence-electron chi connectivity index (χ4n) is 2.22. The Labute approximate surface area is 127 Å². The van der Waals surface area contributed by atoms with E-state index in [2.05, 4.69) is 30.5 Å². The fourth-order valence-corrected chi connectivity index (χ4v) is 2.22. The molecule has 2 N–H and O–H groups in total. The average molecular weight is 290 g/mol. The van der Waals surface area contributed by atoms with Gasteiger partial charge in [-0.3, -0.25) is 4.79 Å². The smallest absolute Gasteiger partial charge is 0.223 e. The largest absolute Gasteiger partial charge is 0.493 e. The molecule has 0 bridgehead atoms. The maximum Gasteiger partial charge on any atom is 0.223 e. The van der Waals surface area contributed by atoms with E-state index in [1.54, 1.807) is 0 Å². The van der Waals surface area contributed by atoms with Crippen molar-refractivity contribution >= 4 is 5.91 Å². The molecule has 116 valence electrons. The van der Waals surface area contributed by atoms with Crippen molar-refractivity contribution in [3.05, 3.63) is 29.8 Å². The van der Waals surface area contributed by atoms with Crippen molar-refractivity contribution < 1.29 is 9.53 Å². The summed E-state index contributed by atoms with van der Waals surface area (Å²) in [6.07, 6.45) is 3.77. The molecule has 0 aliphatic heterocycles. The lowest BCUT2D eigenvalue weighted by Crippen LogP contribution is -2.27. The summed E-state index contributed by atoms with van der Waals surface area (Å²) in [6, 6.07) is 8.71. The molecule has 1 saturated carbocycles. The number of rotatable bonds is 9. The van der Waals surface area contributed by atoms with E-state index in [4.69, 9.17) is 4.74 Å². The fraction of sp³-hybridized carbons (Fsp3) is 0.588. The molecule has 2 rings (SSSR count). The molecular weight excluding hydrogens is 264 g/mol. The van der Waals surface area contributed by atoms with Gasteiger partial charge in [-0.2, -0.15) is 0 Å². The van der Waals surface area contributed by atoms with E-state index in [0.29, 0.717) is 19.1 Å². The van der Waals surface area contributed by atoms with Crippen LogP contribution in [-0.2, 0) is 4.79 Å². The summed E-state index contributed by atoms with van der Waals surface area (Å²) in [4.78, 5) is 11.6. The highest BCUT2D eigenvalue weighted by Gasteiger charge is 2.22. The van der Waals surface area contributed by atoms with Crippen molar-refractivity contribution in [3.8, 4) is 5.75 Å². The maximum absolute atomic E-state index is 11.6. The summed E-state index contributed by atoms with van der Waals surface area (Å²) >= 11 is 0. The number of hydrogen-bond donors (Lipinski definition) is 2. The molecule has 4 nitrogen and oxygen atoms in total. The summed E-state index contributed by atoms with van der Waals surface area (Å²) in [5.41, 5.74) is 1.15. The summed E-state index contributed by atoms with van der Waals surface area (Å²) in [7, 11) is 0. The Morgan fingerprint density at radius 3 is 2.86 bits per heavy atom. The van der Waals surface area contributed by atoms with E-state index >= 15 is 0 Å². The van der Waals surface area contributed by atoms with Crippen LogP contribution in [0.2, 0.25) is 0 Å². The lowest BCUT2D eigenvalue weighted by atomic mass is 10.1. The monoisotopic (exact) mass is 290 g/mol. The van der Waals surface area contributed by atoms with Crippen LogP contribution in [0.3, 0.4) is 0 Å². The van der Waals surface area contributed by atoms with Crippen molar-refractivity contribution in [3.63, 3.8) is 0 Å². The van der Waals surface area contributed by atoms with Crippen LogP contribution in [0.15, 0.2) is 24.3 Å². The molecule has 0 spiro atoms. The normalized spacial score (nSPS) is 15.5. The second-order valence-corrected chi connectivity index (χ2v) is 5.65. The minimum absolute atomic E-state index is 0.0899. The van der Waals surface area contributed by atoms with Crippen LogP contribution in [0.4, 0.5) is 0 Å². The first-order valence-corrected chi connectivity index (χ1v) is 7.95. The molecule has 0 saturated heterocycles. The minimum atomic E-state index is 0.0899. The average Bonchev–Trinajstić information content (AvgIpc) is 3.29. The van der Waals surface area contributed by atoms with E-state index in [0.717, 1.165) is 37.1 Å². The predicted molar refractivity (Wildman–Crippen MR) is 84.4 cm³/mol. The number of hydrogen-bond acceptors (Lipinski definition) is 3. The summed E-state index contributed by atoms with van der Waals surface area (Å²) in [5, 5.41) is 6.44. The topological polar surface area (TPSA) is 50.4 Å². The van der Waals surface area contributed by atoms with Crippen LogP contribution in [0.1, 0.15) is 51.1 Å². The van der Waals surface area contributed by atoms with Crippen molar-refractivity contribution in [2.45, 2.75) is 51.6 Å². The molecule has 21 heavy (non-hydrogen) atoms. The first-order valence-electron chi connectivity index (χ1n) is 7.95. The van der Waals surface area contributed by atoms with Gasteiger partial charge in [-0.25, -0.2) is 0 Å². The van der Waals surface area contributed by atoms with Gasteiger partial charge in [0.15, 0.2) is 0 Å². The van der Waals surface area contributed by atoms with Gasteiger partial charge in [-0.15, -0.1) is 0 Å². The van der Waals surface area contributed by atoms with Crippen LogP contribution in [0.25, 0.3) is 0 Å². The number of benzene rings is 1. The van der Waals surface area contributed by atoms with Crippen LogP contribution >= 0.6 is 0 Å². The Morgan fingerprint density at radius 2 is 2.14 bits per heavy atom. The van der Waals surface area contributed by atoms with Gasteiger partial charge < -0.3 is 15.4 Å². The van der Waals surface area contributed by atoms with Gasteiger partial charge in [0.2, 0.25) is 5.91 Å². The lowest BCUT2D eigenvalue weighted by molar-refractivity contribution is -0.121. The zero-order valence-electron chi connectivity index (χ0n) is 13.0. The van der Waals surface area contributed by atoms with Gasteiger partial charge in [0, 0.05) is 17.6 Å². The van der Waals surface area contributed by atoms with E-state index in [9.17, 15) is 4.79 Å². The molecule has 1 aliphatic rings. The third kappa shape index (κ3) is 5.38. The first-order chi connectivity index (χ1) is 10.2. The van der Waals surface area contributed by atoms with Crippen LogP contribution in [0, 0.1) is 0 Å². The lowest BCUT2D eigenvalue weighted by Gasteiger charge is -2.18. The Kier molecular flexibility index (Phi) is 6.05. The Bertz CT molecular complexity index is 458. The van der Waals surface area contributed by atoms with Gasteiger partial charge >= 0.3 is 0 Å². The highest BCUT2D eigenvalue weighted by atomic mass is 16.5. The molecule has 0 heterocycles. The van der Waals surface area contributed by atoms with Gasteiger partial charge in [-0.05, 0) is 38.8 Å². The number of para-hydroxylation sites is 1. The Hall–Kier alpha value is -1.55. The third-order valence-corrected chi connectivity index (χ3v) is 3.62. The predicted octanol–water partition coefficient (Wildman–Crippen LogP) is 2.79.